The van der Waals surface area contributed by atoms with Gasteiger partial charge in [0, 0.05) is 16.5 Å². The molecule has 0 aromatic heterocycles. The van der Waals surface area contributed by atoms with Crippen LogP contribution in [-0.2, 0) is 4.79 Å². The summed E-state index contributed by atoms with van der Waals surface area (Å²) in [4.78, 5) is 12.2. The molecule has 2 aliphatic rings. The van der Waals surface area contributed by atoms with Gasteiger partial charge >= 0.3 is 0 Å². The summed E-state index contributed by atoms with van der Waals surface area (Å²) in [5.74, 6) is 1.04. The maximum atomic E-state index is 12.2. The van der Waals surface area contributed by atoms with Crippen molar-refractivity contribution in [1.29, 1.82) is 0 Å². The highest BCUT2D eigenvalue weighted by Gasteiger charge is 2.55. The third-order valence-corrected chi connectivity index (χ3v) is 5.09. The standard InChI is InChI=1S/C16H18Cl2O2/c17-11-7-12(18)9-13(8-11)20-15-10-14(19)16(15)5-3-1-2-4-6-16/h7-9,15H,1-6,10H2. The van der Waals surface area contributed by atoms with Crippen LogP contribution in [0.25, 0.3) is 0 Å². The van der Waals surface area contributed by atoms with Gasteiger partial charge in [0.1, 0.15) is 17.6 Å². The van der Waals surface area contributed by atoms with E-state index in [1.165, 1.54) is 12.8 Å². The maximum absolute atomic E-state index is 12.2. The first-order chi connectivity index (χ1) is 9.60. The number of carbonyl (C=O) groups excluding carboxylic acids is 1. The molecule has 0 aliphatic heterocycles. The van der Waals surface area contributed by atoms with Gasteiger partial charge in [-0.1, -0.05) is 48.9 Å². The minimum absolute atomic E-state index is 0.0115. The Kier molecular flexibility index (Phi) is 3.96. The SMILES string of the molecule is O=C1CC(Oc2cc(Cl)cc(Cl)c2)C12CCCCCC2. The number of benzene rings is 1. The molecule has 1 atom stereocenters. The van der Waals surface area contributed by atoms with Gasteiger partial charge in [-0.25, -0.2) is 0 Å². The molecule has 1 spiro atoms. The quantitative estimate of drug-likeness (QED) is 0.763. The number of halogens is 2. The van der Waals surface area contributed by atoms with Gasteiger partial charge in [-0.2, -0.15) is 0 Å². The highest BCUT2D eigenvalue weighted by atomic mass is 35.5. The Bertz CT molecular complexity index is 499. The molecular formula is C16H18Cl2O2. The maximum Gasteiger partial charge on any atom is 0.146 e. The topological polar surface area (TPSA) is 26.3 Å². The van der Waals surface area contributed by atoms with Crippen LogP contribution >= 0.6 is 23.2 Å². The van der Waals surface area contributed by atoms with Crippen molar-refractivity contribution in [3.05, 3.63) is 28.2 Å². The van der Waals surface area contributed by atoms with E-state index in [0.717, 1.165) is 25.7 Å². The van der Waals surface area contributed by atoms with Gasteiger partial charge in [0.05, 0.1) is 5.41 Å². The minimum Gasteiger partial charge on any atom is -0.489 e. The highest BCUT2D eigenvalue weighted by molar-refractivity contribution is 6.34. The summed E-state index contributed by atoms with van der Waals surface area (Å²) in [5.41, 5.74) is -0.245. The number of hydrogen-bond acceptors (Lipinski definition) is 2. The van der Waals surface area contributed by atoms with Crippen molar-refractivity contribution >= 4 is 29.0 Å². The Morgan fingerprint density at radius 1 is 1.00 bits per heavy atom. The van der Waals surface area contributed by atoms with E-state index in [2.05, 4.69) is 0 Å². The van der Waals surface area contributed by atoms with Gasteiger partial charge in [0.15, 0.2) is 0 Å². The average Bonchev–Trinajstić information content (AvgIpc) is 2.65. The molecule has 20 heavy (non-hydrogen) atoms. The number of rotatable bonds is 2. The summed E-state index contributed by atoms with van der Waals surface area (Å²) < 4.78 is 6.04. The van der Waals surface area contributed by atoms with E-state index < -0.39 is 0 Å². The van der Waals surface area contributed by atoms with Gasteiger partial charge < -0.3 is 4.74 Å². The zero-order valence-corrected chi connectivity index (χ0v) is 12.8. The molecule has 0 amide bonds. The second kappa shape index (κ2) is 5.57. The minimum atomic E-state index is -0.245. The molecule has 2 saturated carbocycles. The number of carbonyl (C=O) groups is 1. The third-order valence-electron chi connectivity index (χ3n) is 4.65. The van der Waals surface area contributed by atoms with Crippen molar-refractivity contribution in [1.82, 2.24) is 0 Å². The number of ketones is 1. The van der Waals surface area contributed by atoms with E-state index in [1.807, 2.05) is 0 Å². The largest absolute Gasteiger partial charge is 0.489 e. The van der Waals surface area contributed by atoms with E-state index in [4.69, 9.17) is 27.9 Å². The van der Waals surface area contributed by atoms with Crippen molar-refractivity contribution in [2.75, 3.05) is 0 Å². The summed E-state index contributed by atoms with van der Waals surface area (Å²) in [6, 6.07) is 5.21. The fourth-order valence-corrected chi connectivity index (χ4v) is 4.00. The van der Waals surface area contributed by atoms with E-state index in [1.54, 1.807) is 18.2 Å². The first-order valence-corrected chi connectivity index (χ1v) is 8.02. The van der Waals surface area contributed by atoms with Crippen LogP contribution in [0.4, 0.5) is 0 Å². The number of hydrogen-bond donors (Lipinski definition) is 0. The summed E-state index contributed by atoms with van der Waals surface area (Å²) in [6.45, 7) is 0. The Morgan fingerprint density at radius 2 is 1.60 bits per heavy atom. The fourth-order valence-electron chi connectivity index (χ4n) is 3.49. The van der Waals surface area contributed by atoms with E-state index in [-0.39, 0.29) is 11.5 Å². The van der Waals surface area contributed by atoms with Crippen LogP contribution in [0.1, 0.15) is 44.9 Å². The van der Waals surface area contributed by atoms with Crippen LogP contribution in [0, 0.1) is 5.41 Å². The highest BCUT2D eigenvalue weighted by Crippen LogP contribution is 2.49. The summed E-state index contributed by atoms with van der Waals surface area (Å²) in [6.07, 6.45) is 7.14. The molecule has 2 aliphatic carbocycles. The van der Waals surface area contributed by atoms with Crippen LogP contribution in [-0.4, -0.2) is 11.9 Å². The lowest BCUT2D eigenvalue weighted by atomic mass is 9.60. The molecule has 108 valence electrons. The second-order valence-corrected chi connectivity index (χ2v) is 6.78. The molecule has 0 heterocycles. The van der Waals surface area contributed by atoms with Crippen molar-refractivity contribution in [3.8, 4) is 5.75 Å². The molecule has 1 aromatic carbocycles. The second-order valence-electron chi connectivity index (χ2n) is 5.91. The first kappa shape index (κ1) is 14.2. The van der Waals surface area contributed by atoms with Crippen LogP contribution in [0.15, 0.2) is 18.2 Å². The Morgan fingerprint density at radius 3 is 2.15 bits per heavy atom. The Labute approximate surface area is 129 Å². The fraction of sp³-hybridized carbons (Fsp3) is 0.562. The van der Waals surface area contributed by atoms with E-state index >= 15 is 0 Å². The molecule has 0 bridgehead atoms. The summed E-state index contributed by atoms with van der Waals surface area (Å²) >= 11 is 12.0. The predicted molar refractivity (Wildman–Crippen MR) is 80.6 cm³/mol. The lowest BCUT2D eigenvalue weighted by molar-refractivity contribution is -0.154. The lowest BCUT2D eigenvalue weighted by Gasteiger charge is -2.47. The lowest BCUT2D eigenvalue weighted by Crippen LogP contribution is -2.56. The zero-order valence-electron chi connectivity index (χ0n) is 11.3. The van der Waals surface area contributed by atoms with Gasteiger partial charge in [-0.3, -0.25) is 4.79 Å². The first-order valence-electron chi connectivity index (χ1n) is 7.26. The molecule has 2 nitrogen and oxygen atoms in total. The molecule has 4 heteroatoms. The number of ether oxygens (including phenoxy) is 1. The molecule has 2 fully saturated rings. The molecule has 0 radical (unpaired) electrons. The smallest absolute Gasteiger partial charge is 0.146 e. The van der Waals surface area contributed by atoms with Gasteiger partial charge in [-0.05, 0) is 31.0 Å². The molecule has 0 N–H and O–H groups in total. The van der Waals surface area contributed by atoms with Crippen LogP contribution in [0.2, 0.25) is 10.0 Å². The summed E-state index contributed by atoms with van der Waals surface area (Å²) in [7, 11) is 0. The van der Waals surface area contributed by atoms with Crippen molar-refractivity contribution in [2.24, 2.45) is 5.41 Å². The normalized spacial score (nSPS) is 25.1. The molecule has 1 unspecified atom stereocenters. The van der Waals surface area contributed by atoms with Crippen LogP contribution in [0.3, 0.4) is 0 Å². The average molecular weight is 313 g/mol. The number of Topliss-reactive ketones (excluding diaryl/α,β-unsaturated/α-hetero) is 1. The molecule has 3 rings (SSSR count). The molecule has 1 aromatic rings. The van der Waals surface area contributed by atoms with Crippen molar-refractivity contribution < 1.29 is 9.53 Å². The molecular weight excluding hydrogens is 295 g/mol. The van der Waals surface area contributed by atoms with Crippen LogP contribution in [0.5, 0.6) is 5.75 Å². The zero-order chi connectivity index (χ0) is 14.2. The molecule has 0 saturated heterocycles. The monoisotopic (exact) mass is 312 g/mol. The predicted octanol–water partition coefficient (Wildman–Crippen LogP) is 5.05. The van der Waals surface area contributed by atoms with Crippen molar-refractivity contribution in [3.63, 3.8) is 0 Å². The summed E-state index contributed by atoms with van der Waals surface area (Å²) in [5, 5.41) is 1.13. The van der Waals surface area contributed by atoms with E-state index in [0.29, 0.717) is 28.0 Å². The third kappa shape index (κ3) is 2.56. The van der Waals surface area contributed by atoms with Gasteiger partial charge in [0.2, 0.25) is 0 Å². The van der Waals surface area contributed by atoms with Gasteiger partial charge in [0.25, 0.3) is 0 Å². The Hall–Kier alpha value is -0.730. The van der Waals surface area contributed by atoms with Crippen LogP contribution < -0.4 is 4.74 Å². The van der Waals surface area contributed by atoms with Crippen molar-refractivity contribution in [2.45, 2.75) is 51.0 Å². The van der Waals surface area contributed by atoms with E-state index in [9.17, 15) is 4.79 Å². The van der Waals surface area contributed by atoms with Gasteiger partial charge in [-0.15, -0.1) is 0 Å². The Balaban J connectivity index is 1.78.